The molecule has 1 aliphatic rings. The third kappa shape index (κ3) is 3.82. The fourth-order valence-corrected chi connectivity index (χ4v) is 2.62. The molecule has 124 valence electrons. The first-order chi connectivity index (χ1) is 11.0. The van der Waals surface area contributed by atoms with Gasteiger partial charge in [-0.05, 0) is 18.6 Å². The van der Waals surface area contributed by atoms with Crippen LogP contribution in [-0.4, -0.2) is 27.6 Å². The predicted molar refractivity (Wildman–Crippen MR) is 80.0 cm³/mol. The monoisotopic (exact) mass is 325 g/mol. The molecular formula is C15H18F3N5. The third-order valence-electron chi connectivity index (χ3n) is 3.81. The lowest BCUT2D eigenvalue weighted by atomic mass is 10.3. The van der Waals surface area contributed by atoms with E-state index in [0.29, 0.717) is 18.9 Å². The van der Waals surface area contributed by atoms with Crippen molar-refractivity contribution in [2.45, 2.75) is 32.1 Å². The standard InChI is InChI=1S/C15H18F3N5/c16-15(17,18)11-3-4-13(21-8-11)20-6-5-19-9-12-10-22-14-2-1-7-23(12)14/h3-4,8,10,19H,1-2,5-7,9H2,(H,20,21). The Labute approximate surface area is 131 Å². The second kappa shape index (κ2) is 6.57. The van der Waals surface area contributed by atoms with E-state index in [1.54, 1.807) is 0 Å². The molecule has 2 aromatic heterocycles. The number of hydrogen-bond acceptors (Lipinski definition) is 4. The van der Waals surface area contributed by atoms with Crippen molar-refractivity contribution in [2.75, 3.05) is 18.4 Å². The van der Waals surface area contributed by atoms with E-state index in [2.05, 4.69) is 25.2 Å². The maximum absolute atomic E-state index is 12.4. The number of anilines is 1. The number of rotatable bonds is 6. The molecule has 0 unspecified atom stereocenters. The molecule has 2 aromatic rings. The zero-order valence-electron chi connectivity index (χ0n) is 12.5. The summed E-state index contributed by atoms with van der Waals surface area (Å²) in [4.78, 5) is 8.14. The molecule has 0 saturated heterocycles. The molecule has 8 heteroatoms. The second-order valence-electron chi connectivity index (χ2n) is 5.45. The topological polar surface area (TPSA) is 54.8 Å². The molecule has 0 bridgehead atoms. The molecule has 0 fully saturated rings. The predicted octanol–water partition coefficient (Wildman–Crippen LogP) is 2.44. The summed E-state index contributed by atoms with van der Waals surface area (Å²) in [6.45, 7) is 3.03. The lowest BCUT2D eigenvalue weighted by Gasteiger charge is -2.10. The molecule has 3 heterocycles. The maximum Gasteiger partial charge on any atom is 0.417 e. The van der Waals surface area contributed by atoms with Crippen molar-refractivity contribution in [3.05, 3.63) is 41.6 Å². The van der Waals surface area contributed by atoms with Gasteiger partial charge in [-0.25, -0.2) is 9.97 Å². The molecule has 0 atom stereocenters. The Morgan fingerprint density at radius 2 is 2.00 bits per heavy atom. The highest BCUT2D eigenvalue weighted by molar-refractivity contribution is 5.36. The molecule has 0 radical (unpaired) electrons. The van der Waals surface area contributed by atoms with Crippen LogP contribution in [0.4, 0.5) is 19.0 Å². The van der Waals surface area contributed by atoms with Crippen LogP contribution in [-0.2, 0) is 25.7 Å². The number of imidazole rings is 1. The summed E-state index contributed by atoms with van der Waals surface area (Å²) in [5.41, 5.74) is 0.431. The van der Waals surface area contributed by atoms with E-state index in [-0.39, 0.29) is 0 Å². The van der Waals surface area contributed by atoms with Gasteiger partial charge in [0.05, 0.1) is 11.3 Å². The van der Waals surface area contributed by atoms with Gasteiger partial charge in [0.15, 0.2) is 0 Å². The summed E-state index contributed by atoms with van der Waals surface area (Å²) in [5, 5.41) is 6.28. The van der Waals surface area contributed by atoms with E-state index in [1.165, 1.54) is 11.8 Å². The minimum absolute atomic E-state index is 0.435. The SMILES string of the molecule is FC(F)(F)c1ccc(NCCNCc2cnc3n2CCC3)nc1. The quantitative estimate of drug-likeness (QED) is 0.801. The Kier molecular flexibility index (Phi) is 4.51. The van der Waals surface area contributed by atoms with Crippen molar-refractivity contribution in [1.29, 1.82) is 0 Å². The largest absolute Gasteiger partial charge is 0.417 e. The van der Waals surface area contributed by atoms with Crippen LogP contribution in [0.2, 0.25) is 0 Å². The number of pyridine rings is 1. The van der Waals surface area contributed by atoms with Gasteiger partial charge in [-0.1, -0.05) is 0 Å². The molecule has 0 aromatic carbocycles. The number of alkyl halides is 3. The molecule has 0 saturated carbocycles. The molecule has 3 rings (SSSR count). The first kappa shape index (κ1) is 15.8. The van der Waals surface area contributed by atoms with Gasteiger partial charge < -0.3 is 15.2 Å². The van der Waals surface area contributed by atoms with Crippen LogP contribution in [0.3, 0.4) is 0 Å². The number of nitrogens with one attached hydrogen (secondary N) is 2. The van der Waals surface area contributed by atoms with E-state index < -0.39 is 11.7 Å². The average Bonchev–Trinajstić information content (AvgIpc) is 3.11. The lowest BCUT2D eigenvalue weighted by Crippen LogP contribution is -2.23. The van der Waals surface area contributed by atoms with Gasteiger partial charge in [-0.15, -0.1) is 0 Å². The Morgan fingerprint density at radius 1 is 1.13 bits per heavy atom. The van der Waals surface area contributed by atoms with Crippen molar-refractivity contribution in [1.82, 2.24) is 19.9 Å². The van der Waals surface area contributed by atoms with Crippen molar-refractivity contribution in [2.24, 2.45) is 0 Å². The van der Waals surface area contributed by atoms with Gasteiger partial charge in [-0.2, -0.15) is 13.2 Å². The van der Waals surface area contributed by atoms with Crippen LogP contribution in [0.15, 0.2) is 24.5 Å². The molecule has 0 spiro atoms. The van der Waals surface area contributed by atoms with Gasteiger partial charge in [0.2, 0.25) is 0 Å². The summed E-state index contributed by atoms with van der Waals surface area (Å²) in [6, 6.07) is 2.37. The second-order valence-corrected chi connectivity index (χ2v) is 5.45. The average molecular weight is 325 g/mol. The highest BCUT2D eigenvalue weighted by atomic mass is 19.4. The van der Waals surface area contributed by atoms with E-state index in [4.69, 9.17) is 0 Å². The van der Waals surface area contributed by atoms with E-state index in [9.17, 15) is 13.2 Å². The van der Waals surface area contributed by atoms with Crippen LogP contribution < -0.4 is 10.6 Å². The van der Waals surface area contributed by atoms with Crippen molar-refractivity contribution in [3.8, 4) is 0 Å². The smallest absolute Gasteiger partial charge is 0.369 e. The molecule has 0 aliphatic carbocycles. The highest BCUT2D eigenvalue weighted by Crippen LogP contribution is 2.28. The number of hydrogen-bond donors (Lipinski definition) is 2. The van der Waals surface area contributed by atoms with Gasteiger partial charge in [0.1, 0.15) is 11.6 Å². The Balaban J connectivity index is 1.40. The zero-order chi connectivity index (χ0) is 16.3. The Morgan fingerprint density at radius 3 is 2.74 bits per heavy atom. The summed E-state index contributed by atoms with van der Waals surface area (Å²) in [7, 11) is 0. The number of halogens is 3. The lowest BCUT2D eigenvalue weighted by molar-refractivity contribution is -0.137. The normalized spacial score (nSPS) is 14.0. The maximum atomic E-state index is 12.4. The fraction of sp³-hybridized carbons (Fsp3) is 0.467. The van der Waals surface area contributed by atoms with Gasteiger partial charge in [0.25, 0.3) is 0 Å². The van der Waals surface area contributed by atoms with Crippen LogP contribution in [0.25, 0.3) is 0 Å². The molecular weight excluding hydrogens is 307 g/mol. The van der Waals surface area contributed by atoms with E-state index in [1.807, 2.05) is 6.20 Å². The fourth-order valence-electron chi connectivity index (χ4n) is 2.62. The first-order valence-electron chi connectivity index (χ1n) is 7.55. The highest BCUT2D eigenvalue weighted by Gasteiger charge is 2.30. The number of fused-ring (bicyclic) bond motifs is 1. The van der Waals surface area contributed by atoms with Crippen LogP contribution >= 0.6 is 0 Å². The van der Waals surface area contributed by atoms with Crippen LogP contribution in [0.5, 0.6) is 0 Å². The number of aryl methyl sites for hydroxylation is 1. The minimum Gasteiger partial charge on any atom is -0.369 e. The minimum atomic E-state index is -4.35. The molecule has 0 amide bonds. The molecule has 23 heavy (non-hydrogen) atoms. The van der Waals surface area contributed by atoms with Gasteiger partial charge >= 0.3 is 6.18 Å². The van der Waals surface area contributed by atoms with Crippen molar-refractivity contribution in [3.63, 3.8) is 0 Å². The van der Waals surface area contributed by atoms with Crippen molar-refractivity contribution >= 4 is 5.82 Å². The molecule has 1 aliphatic heterocycles. The van der Waals surface area contributed by atoms with E-state index in [0.717, 1.165) is 44.0 Å². The van der Waals surface area contributed by atoms with Crippen LogP contribution in [0, 0.1) is 0 Å². The summed E-state index contributed by atoms with van der Waals surface area (Å²) in [6.07, 6.45) is 0.578. The Hall–Kier alpha value is -2.09. The summed E-state index contributed by atoms with van der Waals surface area (Å²) >= 11 is 0. The summed E-state index contributed by atoms with van der Waals surface area (Å²) in [5.74, 6) is 1.58. The third-order valence-corrected chi connectivity index (χ3v) is 3.81. The van der Waals surface area contributed by atoms with Crippen molar-refractivity contribution < 1.29 is 13.2 Å². The van der Waals surface area contributed by atoms with Crippen LogP contribution in [0.1, 0.15) is 23.5 Å². The zero-order valence-corrected chi connectivity index (χ0v) is 12.5. The molecule has 2 N–H and O–H groups in total. The summed E-state index contributed by atoms with van der Waals surface area (Å²) < 4.78 is 39.5. The van der Waals surface area contributed by atoms with Gasteiger partial charge in [-0.3, -0.25) is 0 Å². The number of nitrogens with zero attached hydrogens (tertiary/aromatic N) is 3. The Bertz CT molecular complexity index is 648. The van der Waals surface area contributed by atoms with Gasteiger partial charge in [0, 0.05) is 45.0 Å². The molecule has 5 nitrogen and oxygen atoms in total. The number of aromatic nitrogens is 3. The first-order valence-corrected chi connectivity index (χ1v) is 7.55. The van der Waals surface area contributed by atoms with E-state index >= 15 is 0 Å².